The van der Waals surface area contributed by atoms with Crippen molar-refractivity contribution in [2.45, 2.75) is 104 Å². The maximum absolute atomic E-state index is 13.2. The third-order valence-corrected chi connectivity index (χ3v) is 8.10. The van der Waals surface area contributed by atoms with Crippen molar-refractivity contribution in [3.05, 3.63) is 23.8 Å². The number of aliphatic hydroxyl groups is 1. The fourth-order valence-electron chi connectivity index (χ4n) is 5.44. The quantitative estimate of drug-likeness (QED) is 0.192. The van der Waals surface area contributed by atoms with E-state index in [1.165, 1.54) is 0 Å². The molecule has 10 heteroatoms. The summed E-state index contributed by atoms with van der Waals surface area (Å²) in [5.41, 5.74) is 0.359. The van der Waals surface area contributed by atoms with E-state index >= 15 is 0 Å². The van der Waals surface area contributed by atoms with Gasteiger partial charge < -0.3 is 39.4 Å². The molecular weight excluding hydrogens is 564 g/mol. The molecule has 0 aromatic heterocycles. The van der Waals surface area contributed by atoms with Crippen LogP contribution in [0.3, 0.4) is 0 Å². The molecule has 5 atom stereocenters. The molecule has 0 radical (unpaired) electrons. The molecule has 0 bridgehead atoms. The zero-order chi connectivity index (χ0) is 32.9. The average molecular weight is 623 g/mol. The first-order valence-electron chi connectivity index (χ1n) is 16.1. The van der Waals surface area contributed by atoms with Gasteiger partial charge in [0.2, 0.25) is 5.91 Å². The third kappa shape index (κ3) is 13.2. The van der Waals surface area contributed by atoms with Gasteiger partial charge in [0.25, 0.3) is 0 Å². The second-order valence-electron chi connectivity index (χ2n) is 13.6. The number of carbonyl (C=O) groups is 2. The van der Waals surface area contributed by atoms with Crippen molar-refractivity contribution in [1.82, 2.24) is 10.6 Å². The fraction of sp³-hybridized carbons (Fsp3) is 0.765. The summed E-state index contributed by atoms with van der Waals surface area (Å²) in [5.74, 6) is 1.07. The molecule has 1 heterocycles. The van der Waals surface area contributed by atoms with Gasteiger partial charge in [-0.1, -0.05) is 33.8 Å². The van der Waals surface area contributed by atoms with Crippen molar-refractivity contribution < 1.29 is 38.4 Å². The van der Waals surface area contributed by atoms with Crippen molar-refractivity contribution in [2.24, 2.45) is 23.7 Å². The van der Waals surface area contributed by atoms with Gasteiger partial charge in [-0.05, 0) is 88.3 Å². The van der Waals surface area contributed by atoms with Gasteiger partial charge in [0.05, 0.1) is 32.0 Å². The van der Waals surface area contributed by atoms with Gasteiger partial charge in [-0.25, -0.2) is 4.79 Å². The smallest absolute Gasteiger partial charge is 0.407 e. The summed E-state index contributed by atoms with van der Waals surface area (Å²) in [5, 5.41) is 17.6. The van der Waals surface area contributed by atoms with Crippen molar-refractivity contribution in [3.63, 3.8) is 0 Å². The van der Waals surface area contributed by atoms with Gasteiger partial charge in [-0.15, -0.1) is 0 Å². The Bertz CT molecular complexity index is 1000. The predicted octanol–water partition coefficient (Wildman–Crippen LogP) is 5.14. The van der Waals surface area contributed by atoms with Crippen molar-refractivity contribution in [3.8, 4) is 11.5 Å². The van der Waals surface area contributed by atoms with Crippen LogP contribution in [0.15, 0.2) is 18.2 Å². The topological polar surface area (TPSA) is 125 Å². The Hall–Kier alpha value is -2.56. The molecule has 0 saturated carbocycles. The minimum atomic E-state index is -0.964. The number of hydrogen-bond donors (Lipinski definition) is 3. The third-order valence-electron chi connectivity index (χ3n) is 8.10. The van der Waals surface area contributed by atoms with Crippen LogP contribution in [0, 0.1) is 23.7 Å². The Morgan fingerprint density at radius 3 is 2.34 bits per heavy atom. The number of aliphatic hydroxyl groups excluding tert-OH is 1. The number of rotatable bonds is 18. The largest absolute Gasteiger partial charge is 0.493 e. The van der Waals surface area contributed by atoms with Gasteiger partial charge in [0.15, 0.2) is 11.5 Å². The van der Waals surface area contributed by atoms with Crippen molar-refractivity contribution in [2.75, 3.05) is 40.6 Å². The van der Waals surface area contributed by atoms with Crippen LogP contribution in [0.5, 0.6) is 11.5 Å². The predicted molar refractivity (Wildman–Crippen MR) is 171 cm³/mol. The number of nitrogens with one attached hydrogen (secondary N) is 2. The molecule has 2 rings (SSSR count). The first-order chi connectivity index (χ1) is 20.7. The lowest BCUT2D eigenvalue weighted by molar-refractivity contribution is -0.128. The number of methoxy groups -OCH3 is 2. The molecular formula is C34H58N2O8. The van der Waals surface area contributed by atoms with E-state index in [0.29, 0.717) is 44.1 Å². The summed E-state index contributed by atoms with van der Waals surface area (Å²) >= 11 is 0. The van der Waals surface area contributed by atoms with Gasteiger partial charge in [0, 0.05) is 26.2 Å². The maximum atomic E-state index is 13.2. The molecule has 10 nitrogen and oxygen atoms in total. The Labute approximate surface area is 264 Å². The van der Waals surface area contributed by atoms with Gasteiger partial charge >= 0.3 is 6.09 Å². The molecule has 1 fully saturated rings. The molecule has 3 N–H and O–H groups in total. The summed E-state index contributed by atoms with van der Waals surface area (Å²) < 4.78 is 27.7. The van der Waals surface area contributed by atoms with Crippen LogP contribution in [0.2, 0.25) is 0 Å². The maximum Gasteiger partial charge on any atom is 0.407 e. The van der Waals surface area contributed by atoms with Crippen LogP contribution in [0.25, 0.3) is 0 Å². The molecule has 1 aliphatic heterocycles. The fourth-order valence-corrected chi connectivity index (χ4v) is 5.44. The molecule has 44 heavy (non-hydrogen) atoms. The van der Waals surface area contributed by atoms with Crippen LogP contribution in [-0.4, -0.2) is 81.5 Å². The van der Waals surface area contributed by atoms with Gasteiger partial charge in [-0.3, -0.25) is 4.79 Å². The van der Waals surface area contributed by atoms with Crippen LogP contribution in [0.1, 0.15) is 79.7 Å². The highest BCUT2D eigenvalue weighted by Gasteiger charge is 2.33. The Morgan fingerprint density at radius 2 is 1.77 bits per heavy atom. The molecule has 1 aromatic rings. The highest BCUT2D eigenvalue weighted by Crippen LogP contribution is 2.32. The summed E-state index contributed by atoms with van der Waals surface area (Å²) in [7, 11) is 3.23. The Kier molecular flexibility index (Phi) is 15.8. The van der Waals surface area contributed by atoms with E-state index in [4.69, 9.17) is 23.7 Å². The molecule has 2 unspecified atom stereocenters. The SMILES string of the molecule is COCCOc1cc(CC(C[C@H](NC(=O)OC(C)(C)C)[C@@H](O)C[C@H](C(=O)NCC2CCCO2)C(C)C)C(C)C)ccc1OC. The summed E-state index contributed by atoms with van der Waals surface area (Å²) in [4.78, 5) is 26.2. The van der Waals surface area contributed by atoms with E-state index < -0.39 is 29.8 Å². The van der Waals surface area contributed by atoms with E-state index in [9.17, 15) is 14.7 Å². The molecule has 2 amide bonds. The zero-order valence-electron chi connectivity index (χ0n) is 28.4. The Morgan fingerprint density at radius 1 is 1.05 bits per heavy atom. The molecule has 1 saturated heterocycles. The monoisotopic (exact) mass is 622 g/mol. The molecule has 1 aromatic carbocycles. The number of ether oxygens (including phenoxy) is 5. The minimum absolute atomic E-state index is 0.00644. The van der Waals surface area contributed by atoms with Crippen molar-refractivity contribution >= 4 is 12.0 Å². The molecule has 0 spiro atoms. The number of amides is 2. The first kappa shape index (κ1) is 37.6. The number of carbonyl (C=O) groups excluding carboxylic acids is 2. The molecule has 1 aliphatic rings. The normalized spacial score (nSPS) is 18.0. The van der Waals surface area contributed by atoms with E-state index in [2.05, 4.69) is 24.5 Å². The second-order valence-corrected chi connectivity index (χ2v) is 13.6. The summed E-state index contributed by atoms with van der Waals surface area (Å²) in [6.45, 7) is 15.7. The second kappa shape index (κ2) is 18.4. The highest BCUT2D eigenvalue weighted by atomic mass is 16.6. The zero-order valence-corrected chi connectivity index (χ0v) is 28.4. The van der Waals surface area contributed by atoms with E-state index in [0.717, 1.165) is 25.0 Å². The summed E-state index contributed by atoms with van der Waals surface area (Å²) in [6, 6.07) is 5.25. The van der Waals surface area contributed by atoms with Gasteiger partial charge in [0.1, 0.15) is 12.2 Å². The molecule has 252 valence electrons. The van der Waals surface area contributed by atoms with E-state index in [1.54, 1.807) is 35.0 Å². The van der Waals surface area contributed by atoms with Crippen LogP contribution >= 0.6 is 0 Å². The van der Waals surface area contributed by atoms with Crippen LogP contribution < -0.4 is 20.1 Å². The minimum Gasteiger partial charge on any atom is -0.493 e. The Balaban J connectivity index is 2.24. The average Bonchev–Trinajstić information content (AvgIpc) is 3.46. The van der Waals surface area contributed by atoms with Crippen LogP contribution in [0.4, 0.5) is 4.79 Å². The lowest BCUT2D eigenvalue weighted by Gasteiger charge is -2.33. The number of alkyl carbamates (subject to hydrolysis) is 1. The van der Waals surface area contributed by atoms with Crippen molar-refractivity contribution in [1.29, 1.82) is 0 Å². The highest BCUT2D eigenvalue weighted by molar-refractivity contribution is 5.79. The lowest BCUT2D eigenvalue weighted by atomic mass is 9.80. The standard InChI is InChI=1S/C34H58N2O8/c1-22(2)25(17-24-12-13-30(41-9)31(18-24)43-16-15-40-8)19-28(36-33(39)44-34(5,6)7)29(37)20-27(23(3)4)32(38)35-21-26-11-10-14-42-26/h12-13,18,22-23,25-29,37H,10-11,14-17,19-21H2,1-9H3,(H,35,38)(H,36,39)/t25?,26?,27-,28-,29-/m0/s1. The first-order valence-corrected chi connectivity index (χ1v) is 16.1. The summed E-state index contributed by atoms with van der Waals surface area (Å²) in [6.07, 6.45) is 1.81. The molecule has 0 aliphatic carbocycles. The van der Waals surface area contributed by atoms with Crippen LogP contribution in [-0.2, 0) is 25.4 Å². The lowest BCUT2D eigenvalue weighted by Crippen LogP contribution is -2.49. The number of benzene rings is 1. The number of hydrogen-bond acceptors (Lipinski definition) is 8. The van der Waals surface area contributed by atoms with E-state index in [-0.39, 0.29) is 36.2 Å². The van der Waals surface area contributed by atoms with E-state index in [1.807, 2.05) is 32.0 Å². The van der Waals surface area contributed by atoms with Gasteiger partial charge in [-0.2, -0.15) is 0 Å².